The summed E-state index contributed by atoms with van der Waals surface area (Å²) in [5.41, 5.74) is 9.64. The van der Waals surface area contributed by atoms with Crippen LogP contribution in [0.5, 0.6) is 0 Å². The van der Waals surface area contributed by atoms with Crippen molar-refractivity contribution in [1.29, 1.82) is 0 Å². The van der Waals surface area contributed by atoms with Crippen LogP contribution in [0.15, 0.2) is 42.5 Å². The van der Waals surface area contributed by atoms with Crippen molar-refractivity contribution >= 4 is 34.8 Å². The molecule has 162 valence electrons. The lowest BCUT2D eigenvalue weighted by molar-refractivity contribution is -0.122. The molecule has 0 radical (unpaired) electrons. The third-order valence-electron chi connectivity index (χ3n) is 6.23. The molecule has 0 atom stereocenters. The van der Waals surface area contributed by atoms with E-state index in [9.17, 15) is 14.4 Å². The summed E-state index contributed by atoms with van der Waals surface area (Å²) in [7, 11) is 0. The second-order valence-electron chi connectivity index (χ2n) is 8.13. The number of nitrogens with one attached hydrogen (secondary N) is 1. The van der Waals surface area contributed by atoms with Gasteiger partial charge in [0.25, 0.3) is 5.91 Å². The van der Waals surface area contributed by atoms with Gasteiger partial charge in [-0.1, -0.05) is 19.1 Å². The number of piperidine rings is 1. The number of amides is 3. The van der Waals surface area contributed by atoms with E-state index >= 15 is 0 Å². The van der Waals surface area contributed by atoms with Crippen molar-refractivity contribution in [3.63, 3.8) is 0 Å². The van der Waals surface area contributed by atoms with Crippen molar-refractivity contribution in [2.75, 3.05) is 34.8 Å². The lowest BCUT2D eigenvalue weighted by atomic mass is 9.96. The molecule has 7 heteroatoms. The minimum absolute atomic E-state index is 0.0800. The van der Waals surface area contributed by atoms with Gasteiger partial charge in [0.15, 0.2) is 0 Å². The van der Waals surface area contributed by atoms with Crippen molar-refractivity contribution in [2.45, 2.75) is 32.6 Å². The number of carbonyl (C=O) groups excluding carboxylic acids is 3. The zero-order valence-corrected chi connectivity index (χ0v) is 17.8. The molecule has 2 aliphatic rings. The molecule has 2 aliphatic heterocycles. The zero-order valence-electron chi connectivity index (χ0n) is 17.8. The number of primary amides is 1. The second kappa shape index (κ2) is 8.79. The van der Waals surface area contributed by atoms with Crippen LogP contribution < -0.4 is 20.9 Å². The Labute approximate surface area is 182 Å². The van der Waals surface area contributed by atoms with E-state index in [1.165, 1.54) is 0 Å². The molecule has 0 aromatic heterocycles. The van der Waals surface area contributed by atoms with Gasteiger partial charge in [-0.3, -0.25) is 14.4 Å². The fraction of sp³-hybridized carbons (Fsp3) is 0.375. The van der Waals surface area contributed by atoms with Crippen LogP contribution in [-0.4, -0.2) is 37.4 Å². The Bertz CT molecular complexity index is 1010. The average Bonchev–Trinajstić information content (AvgIpc) is 3.22. The highest BCUT2D eigenvalue weighted by atomic mass is 16.2. The quantitative estimate of drug-likeness (QED) is 0.777. The van der Waals surface area contributed by atoms with E-state index in [0.29, 0.717) is 18.5 Å². The highest BCUT2D eigenvalue weighted by molar-refractivity contribution is 6.07. The number of hydrogen-bond acceptors (Lipinski definition) is 4. The van der Waals surface area contributed by atoms with E-state index in [1.54, 1.807) is 11.0 Å². The molecule has 0 unspecified atom stereocenters. The molecular formula is C24H28N4O3. The van der Waals surface area contributed by atoms with Gasteiger partial charge in [-0.25, -0.2) is 0 Å². The maximum absolute atomic E-state index is 13.0. The van der Waals surface area contributed by atoms with Gasteiger partial charge in [-0.05, 0) is 55.2 Å². The molecule has 2 aromatic rings. The van der Waals surface area contributed by atoms with Crippen LogP contribution in [0.25, 0.3) is 0 Å². The van der Waals surface area contributed by atoms with Crippen molar-refractivity contribution in [2.24, 2.45) is 11.7 Å². The Morgan fingerprint density at radius 1 is 1.03 bits per heavy atom. The summed E-state index contributed by atoms with van der Waals surface area (Å²) < 4.78 is 0. The zero-order chi connectivity index (χ0) is 22.0. The first-order valence-corrected chi connectivity index (χ1v) is 10.9. The molecule has 0 bridgehead atoms. The van der Waals surface area contributed by atoms with Crippen LogP contribution >= 0.6 is 0 Å². The van der Waals surface area contributed by atoms with E-state index in [1.807, 2.05) is 43.3 Å². The lowest BCUT2D eigenvalue weighted by Crippen LogP contribution is -2.38. The Morgan fingerprint density at radius 3 is 2.48 bits per heavy atom. The minimum Gasteiger partial charge on any atom is -0.370 e. The van der Waals surface area contributed by atoms with Gasteiger partial charge in [-0.15, -0.1) is 0 Å². The van der Waals surface area contributed by atoms with E-state index in [2.05, 4.69) is 10.2 Å². The van der Waals surface area contributed by atoms with Gasteiger partial charge in [-0.2, -0.15) is 0 Å². The van der Waals surface area contributed by atoms with Gasteiger partial charge < -0.3 is 20.9 Å². The number of hydrogen-bond donors (Lipinski definition) is 2. The predicted octanol–water partition coefficient (Wildman–Crippen LogP) is 2.94. The molecule has 31 heavy (non-hydrogen) atoms. The number of nitrogens with zero attached hydrogens (tertiary/aromatic N) is 2. The van der Waals surface area contributed by atoms with Crippen LogP contribution in [0.1, 0.15) is 42.1 Å². The van der Waals surface area contributed by atoms with Crippen LogP contribution in [0.4, 0.5) is 17.1 Å². The summed E-state index contributed by atoms with van der Waals surface area (Å²) in [6, 6.07) is 13.2. The second-order valence-corrected chi connectivity index (χ2v) is 8.13. The van der Waals surface area contributed by atoms with Crippen LogP contribution in [0.2, 0.25) is 0 Å². The van der Waals surface area contributed by atoms with E-state index in [-0.39, 0.29) is 23.6 Å². The highest BCUT2D eigenvalue weighted by Crippen LogP contribution is 2.32. The first-order chi connectivity index (χ1) is 15.0. The molecule has 0 spiro atoms. The van der Waals surface area contributed by atoms with Gasteiger partial charge in [0, 0.05) is 43.2 Å². The number of nitrogens with two attached hydrogens (primary N) is 1. The summed E-state index contributed by atoms with van der Waals surface area (Å²) in [6.45, 7) is 3.97. The van der Waals surface area contributed by atoms with Crippen LogP contribution in [0, 0.1) is 5.92 Å². The van der Waals surface area contributed by atoms with Crippen LogP contribution in [0.3, 0.4) is 0 Å². The van der Waals surface area contributed by atoms with Gasteiger partial charge >= 0.3 is 0 Å². The van der Waals surface area contributed by atoms with Crippen molar-refractivity contribution in [3.05, 3.63) is 53.6 Å². The Morgan fingerprint density at radius 2 is 1.77 bits per heavy atom. The Kier molecular flexibility index (Phi) is 5.93. The first kappa shape index (κ1) is 20.9. The minimum atomic E-state index is -0.239. The predicted molar refractivity (Wildman–Crippen MR) is 121 cm³/mol. The fourth-order valence-corrected chi connectivity index (χ4v) is 4.45. The summed E-state index contributed by atoms with van der Waals surface area (Å²) in [6.07, 6.45) is 2.66. The van der Waals surface area contributed by atoms with Gasteiger partial charge in [0.1, 0.15) is 0 Å². The number of anilines is 3. The third kappa shape index (κ3) is 4.26. The van der Waals surface area contributed by atoms with E-state index in [4.69, 9.17) is 5.73 Å². The third-order valence-corrected chi connectivity index (χ3v) is 6.23. The fourth-order valence-electron chi connectivity index (χ4n) is 4.45. The molecule has 4 rings (SSSR count). The van der Waals surface area contributed by atoms with E-state index in [0.717, 1.165) is 55.0 Å². The molecule has 0 saturated carbocycles. The number of para-hydroxylation sites is 2. The topological polar surface area (TPSA) is 95.7 Å². The number of carbonyl (C=O) groups is 3. The maximum atomic E-state index is 13.0. The number of fused-ring (bicyclic) bond motifs is 1. The average molecular weight is 421 g/mol. The molecular weight excluding hydrogens is 392 g/mol. The lowest BCUT2D eigenvalue weighted by Gasteiger charge is -2.33. The summed E-state index contributed by atoms with van der Waals surface area (Å²) in [5.74, 6) is -0.395. The normalized spacial score (nSPS) is 16.2. The molecule has 0 aliphatic carbocycles. The molecule has 2 aromatic carbocycles. The SMILES string of the molecule is CCC(=O)N1CCc2cc(C(=O)Nc3ccccc3N3CCC(C(N)=O)CC3)ccc21. The summed E-state index contributed by atoms with van der Waals surface area (Å²) in [4.78, 5) is 40.5. The number of benzene rings is 2. The van der Waals surface area contributed by atoms with Gasteiger partial charge in [0.2, 0.25) is 11.8 Å². The number of rotatable bonds is 5. The van der Waals surface area contributed by atoms with Crippen LogP contribution in [-0.2, 0) is 16.0 Å². The molecule has 7 nitrogen and oxygen atoms in total. The Balaban J connectivity index is 1.49. The molecule has 1 saturated heterocycles. The Hall–Kier alpha value is -3.35. The monoisotopic (exact) mass is 420 g/mol. The first-order valence-electron chi connectivity index (χ1n) is 10.9. The maximum Gasteiger partial charge on any atom is 0.255 e. The van der Waals surface area contributed by atoms with Crippen molar-refractivity contribution < 1.29 is 14.4 Å². The largest absolute Gasteiger partial charge is 0.370 e. The van der Waals surface area contributed by atoms with Crippen molar-refractivity contribution in [3.8, 4) is 0 Å². The van der Waals surface area contributed by atoms with E-state index < -0.39 is 0 Å². The van der Waals surface area contributed by atoms with Crippen molar-refractivity contribution in [1.82, 2.24) is 0 Å². The van der Waals surface area contributed by atoms with Gasteiger partial charge in [0.05, 0.1) is 11.4 Å². The highest BCUT2D eigenvalue weighted by Gasteiger charge is 2.26. The smallest absolute Gasteiger partial charge is 0.255 e. The molecule has 3 amide bonds. The summed E-state index contributed by atoms with van der Waals surface area (Å²) in [5, 5.41) is 3.04. The standard InChI is InChI=1S/C24H28N4O3/c1-2-22(29)28-14-11-17-15-18(7-8-20(17)28)24(31)26-19-5-3-4-6-21(19)27-12-9-16(10-13-27)23(25)30/h3-8,15-16H,2,9-14H2,1H3,(H2,25,30)(H,26,31). The molecule has 2 heterocycles. The summed E-state index contributed by atoms with van der Waals surface area (Å²) >= 11 is 0. The molecule has 3 N–H and O–H groups in total. The molecule has 1 fully saturated rings.